The van der Waals surface area contributed by atoms with E-state index in [1.807, 2.05) is 0 Å². The summed E-state index contributed by atoms with van der Waals surface area (Å²) in [4.78, 5) is 40.2. The largest absolute Gasteiger partial charge is 0.497 e. The normalized spacial score (nSPS) is 31.3. The number of rotatable bonds is 6. The molecule has 0 spiro atoms. The molecule has 6 heteroatoms. The lowest BCUT2D eigenvalue weighted by molar-refractivity contribution is -0.124. The van der Waals surface area contributed by atoms with Gasteiger partial charge in [-0.2, -0.15) is 0 Å². The standard InChI is InChI=1S/C26H23NO5/c1-31-17-4-2-3-14(11-17)22(28)13-32-16-7-5-15(6-8-16)27-25(29)23-18-9-10-19(21-12-20(18)21)24(23)26(27)30/h2-11,18-21,23-24H,12-13H2,1H3/t18-,19-,20-,21-,23-,24+/m0/s1. The maximum Gasteiger partial charge on any atom is 0.238 e. The predicted octanol–water partition coefficient (Wildman–Crippen LogP) is 3.51. The van der Waals surface area contributed by atoms with Crippen molar-refractivity contribution in [3.05, 3.63) is 66.2 Å². The molecule has 3 fully saturated rings. The lowest BCUT2D eigenvalue weighted by Gasteiger charge is -2.37. The van der Waals surface area contributed by atoms with Crippen LogP contribution in [0.2, 0.25) is 0 Å². The maximum absolute atomic E-state index is 13.2. The Bertz CT molecular complexity index is 1120. The summed E-state index contributed by atoms with van der Waals surface area (Å²) in [6.07, 6.45) is 5.49. The average Bonchev–Trinajstić information content (AvgIpc) is 3.61. The fourth-order valence-corrected chi connectivity index (χ4v) is 5.93. The number of hydrogen-bond donors (Lipinski definition) is 0. The van der Waals surface area contributed by atoms with Crippen molar-refractivity contribution in [3.63, 3.8) is 0 Å². The van der Waals surface area contributed by atoms with E-state index in [0.717, 1.165) is 6.42 Å². The van der Waals surface area contributed by atoms with Crippen LogP contribution in [0.1, 0.15) is 16.8 Å². The zero-order valence-electron chi connectivity index (χ0n) is 17.6. The van der Waals surface area contributed by atoms with Crippen LogP contribution >= 0.6 is 0 Å². The molecule has 6 atom stereocenters. The van der Waals surface area contributed by atoms with Crippen LogP contribution in [-0.2, 0) is 9.59 Å². The summed E-state index contributed by atoms with van der Waals surface area (Å²) in [5.41, 5.74) is 1.08. The Morgan fingerprint density at radius 1 is 0.938 bits per heavy atom. The van der Waals surface area contributed by atoms with Crippen LogP contribution in [0.15, 0.2) is 60.7 Å². The molecule has 4 aliphatic carbocycles. The lowest BCUT2D eigenvalue weighted by Crippen LogP contribution is -2.40. The van der Waals surface area contributed by atoms with Gasteiger partial charge in [0.25, 0.3) is 0 Å². The second-order valence-corrected chi connectivity index (χ2v) is 9.10. The minimum Gasteiger partial charge on any atom is -0.497 e. The minimum absolute atomic E-state index is 0.0772. The number of nitrogens with zero attached hydrogens (tertiary/aromatic N) is 1. The van der Waals surface area contributed by atoms with Crippen molar-refractivity contribution in [2.75, 3.05) is 18.6 Å². The van der Waals surface area contributed by atoms with Crippen LogP contribution in [0.3, 0.4) is 0 Å². The van der Waals surface area contributed by atoms with Crippen LogP contribution in [-0.4, -0.2) is 31.3 Å². The molecule has 162 valence electrons. The van der Waals surface area contributed by atoms with Crippen molar-refractivity contribution < 1.29 is 23.9 Å². The molecule has 0 aromatic heterocycles. The molecule has 5 aliphatic rings. The van der Waals surface area contributed by atoms with Gasteiger partial charge in [-0.05, 0) is 66.5 Å². The number of ketones is 1. The summed E-state index contributed by atoms with van der Waals surface area (Å²) in [5.74, 6) is 1.97. The van der Waals surface area contributed by atoms with Crippen LogP contribution in [0, 0.1) is 35.5 Å². The molecule has 32 heavy (non-hydrogen) atoms. The Morgan fingerprint density at radius 3 is 2.22 bits per heavy atom. The van der Waals surface area contributed by atoms with E-state index in [9.17, 15) is 14.4 Å². The van der Waals surface area contributed by atoms with E-state index in [0.29, 0.717) is 34.6 Å². The third kappa shape index (κ3) is 2.82. The number of allylic oxidation sites excluding steroid dienone is 2. The third-order valence-electron chi connectivity index (χ3n) is 7.52. The van der Waals surface area contributed by atoms with E-state index in [4.69, 9.17) is 9.47 Å². The Labute approximate surface area is 185 Å². The van der Waals surface area contributed by atoms with E-state index in [1.165, 1.54) is 4.90 Å². The van der Waals surface area contributed by atoms with E-state index < -0.39 is 0 Å². The molecule has 6 nitrogen and oxygen atoms in total. The number of benzene rings is 2. The zero-order valence-corrected chi connectivity index (χ0v) is 17.6. The summed E-state index contributed by atoms with van der Waals surface area (Å²) in [5, 5.41) is 0. The number of methoxy groups -OCH3 is 1. The Morgan fingerprint density at radius 2 is 1.59 bits per heavy atom. The first kappa shape index (κ1) is 19.3. The van der Waals surface area contributed by atoms with Crippen molar-refractivity contribution in [1.29, 1.82) is 0 Å². The molecular formula is C26H23NO5. The molecule has 2 amide bonds. The van der Waals surface area contributed by atoms with Crippen molar-refractivity contribution in [2.24, 2.45) is 35.5 Å². The number of hydrogen-bond acceptors (Lipinski definition) is 5. The molecule has 1 heterocycles. The van der Waals surface area contributed by atoms with Gasteiger partial charge in [0.1, 0.15) is 11.5 Å². The van der Waals surface area contributed by atoms with Gasteiger partial charge >= 0.3 is 0 Å². The summed E-state index contributed by atoms with van der Waals surface area (Å²) in [7, 11) is 1.55. The van der Waals surface area contributed by atoms with Crippen LogP contribution in [0.5, 0.6) is 11.5 Å². The highest BCUT2D eigenvalue weighted by atomic mass is 16.5. The number of carbonyl (C=O) groups is 3. The maximum atomic E-state index is 13.2. The molecule has 1 saturated heterocycles. The summed E-state index contributed by atoms with van der Waals surface area (Å²) in [6.45, 7) is -0.115. The molecule has 2 saturated carbocycles. The highest BCUT2D eigenvalue weighted by Gasteiger charge is 2.67. The van der Waals surface area contributed by atoms with Gasteiger partial charge in [-0.3, -0.25) is 19.3 Å². The second-order valence-electron chi connectivity index (χ2n) is 9.10. The van der Waals surface area contributed by atoms with E-state index >= 15 is 0 Å². The summed E-state index contributed by atoms with van der Waals surface area (Å²) >= 11 is 0. The molecule has 2 bridgehead atoms. The van der Waals surface area contributed by atoms with Gasteiger partial charge in [0, 0.05) is 5.56 Å². The number of ether oxygens (including phenoxy) is 2. The average molecular weight is 429 g/mol. The van der Waals surface area contributed by atoms with Crippen molar-refractivity contribution >= 4 is 23.3 Å². The van der Waals surface area contributed by atoms with E-state index in [-0.39, 0.29) is 47.9 Å². The lowest BCUT2D eigenvalue weighted by atomic mass is 9.63. The Balaban J connectivity index is 1.15. The van der Waals surface area contributed by atoms with Gasteiger partial charge < -0.3 is 9.47 Å². The van der Waals surface area contributed by atoms with Gasteiger partial charge in [0.15, 0.2) is 12.4 Å². The molecule has 7 rings (SSSR count). The van der Waals surface area contributed by atoms with Crippen LogP contribution < -0.4 is 14.4 Å². The Kier molecular flexibility index (Phi) is 4.25. The molecule has 0 unspecified atom stereocenters. The topological polar surface area (TPSA) is 72.9 Å². The first-order valence-corrected chi connectivity index (χ1v) is 11.0. The van der Waals surface area contributed by atoms with E-state index in [1.54, 1.807) is 55.6 Å². The fourth-order valence-electron chi connectivity index (χ4n) is 5.93. The first-order valence-electron chi connectivity index (χ1n) is 11.0. The number of anilines is 1. The van der Waals surface area contributed by atoms with E-state index in [2.05, 4.69) is 12.2 Å². The van der Waals surface area contributed by atoms with Crippen LogP contribution in [0.4, 0.5) is 5.69 Å². The number of imide groups is 1. The number of Topliss-reactive ketones (excluding diaryl/α,β-unsaturated/α-hetero) is 1. The van der Waals surface area contributed by atoms with Crippen molar-refractivity contribution in [1.82, 2.24) is 0 Å². The monoisotopic (exact) mass is 429 g/mol. The summed E-state index contributed by atoms with van der Waals surface area (Å²) < 4.78 is 10.8. The van der Waals surface area contributed by atoms with Gasteiger partial charge in [0.05, 0.1) is 24.6 Å². The molecule has 1 aliphatic heterocycles. The SMILES string of the molecule is COc1cccc(C(=O)COc2ccc(N3C(=O)[C@@H]4[C@H]5C=C[C@@H]([C@@H]6C[C@@H]56)[C@@H]4C3=O)cc2)c1. The van der Waals surface area contributed by atoms with Gasteiger partial charge in [-0.25, -0.2) is 0 Å². The first-order chi connectivity index (χ1) is 15.6. The highest BCUT2D eigenvalue weighted by molar-refractivity contribution is 6.22. The van der Waals surface area contributed by atoms with Gasteiger partial charge in [-0.15, -0.1) is 0 Å². The third-order valence-corrected chi connectivity index (χ3v) is 7.52. The molecular weight excluding hydrogens is 406 g/mol. The molecule has 2 aromatic carbocycles. The highest BCUT2D eigenvalue weighted by Crippen LogP contribution is 2.65. The number of carbonyl (C=O) groups excluding carboxylic acids is 3. The predicted molar refractivity (Wildman–Crippen MR) is 116 cm³/mol. The number of amides is 2. The molecule has 0 N–H and O–H groups in total. The molecule has 2 aromatic rings. The quantitative estimate of drug-likeness (QED) is 0.399. The smallest absolute Gasteiger partial charge is 0.238 e. The van der Waals surface area contributed by atoms with Crippen molar-refractivity contribution in [2.45, 2.75) is 6.42 Å². The van der Waals surface area contributed by atoms with Gasteiger partial charge in [0.2, 0.25) is 11.8 Å². The fraction of sp³-hybridized carbons (Fsp3) is 0.346. The zero-order chi connectivity index (χ0) is 22.0. The van der Waals surface area contributed by atoms with Crippen molar-refractivity contribution in [3.8, 4) is 11.5 Å². The minimum atomic E-state index is -0.210. The van der Waals surface area contributed by atoms with Gasteiger partial charge in [-0.1, -0.05) is 24.3 Å². The molecule has 0 radical (unpaired) electrons. The summed E-state index contributed by atoms with van der Waals surface area (Å²) in [6, 6.07) is 13.7. The second kappa shape index (κ2) is 7.05. The Hall–Kier alpha value is -3.41. The van der Waals surface area contributed by atoms with Crippen LogP contribution in [0.25, 0.3) is 0 Å².